The van der Waals surface area contributed by atoms with Gasteiger partial charge in [0.2, 0.25) is 0 Å². The average molecular weight is 396 g/mol. The van der Waals surface area contributed by atoms with Gasteiger partial charge in [-0.25, -0.2) is 5.43 Å². The standard InChI is InChI=1S/C21H18ClN3O3/c1-13-3-12-19(28-13)21(27)25-24-14(2)15-6-10-18(11-7-15)23-20(26)16-4-8-17(22)9-5-16/h3-12H,1-2H3,(H,23,26)(H,25,27). The number of amides is 2. The van der Waals surface area contributed by atoms with Crippen molar-refractivity contribution in [3.8, 4) is 0 Å². The first-order valence-electron chi connectivity index (χ1n) is 8.51. The van der Waals surface area contributed by atoms with Gasteiger partial charge in [-0.3, -0.25) is 9.59 Å². The van der Waals surface area contributed by atoms with Crippen molar-refractivity contribution in [3.63, 3.8) is 0 Å². The van der Waals surface area contributed by atoms with Crippen molar-refractivity contribution in [1.82, 2.24) is 5.43 Å². The molecule has 0 atom stereocenters. The second kappa shape index (κ2) is 8.54. The van der Waals surface area contributed by atoms with E-state index in [2.05, 4.69) is 15.8 Å². The molecule has 0 radical (unpaired) electrons. The lowest BCUT2D eigenvalue weighted by molar-refractivity contribution is 0.0925. The Hall–Kier alpha value is -3.38. The number of nitrogens with zero attached hydrogens (tertiary/aromatic N) is 1. The molecule has 1 heterocycles. The summed E-state index contributed by atoms with van der Waals surface area (Å²) in [4.78, 5) is 24.2. The number of rotatable bonds is 5. The van der Waals surface area contributed by atoms with Gasteiger partial charge in [0.15, 0.2) is 5.76 Å². The van der Waals surface area contributed by atoms with Gasteiger partial charge in [0.05, 0.1) is 5.71 Å². The zero-order valence-corrected chi connectivity index (χ0v) is 16.1. The molecule has 0 saturated heterocycles. The highest BCUT2D eigenvalue weighted by Crippen LogP contribution is 2.14. The smallest absolute Gasteiger partial charge is 0.307 e. The Labute approximate surface area is 167 Å². The molecule has 2 N–H and O–H groups in total. The van der Waals surface area contributed by atoms with Crippen LogP contribution in [0, 0.1) is 6.92 Å². The molecule has 0 unspecified atom stereocenters. The Kier molecular flexibility index (Phi) is 5.91. The first kappa shape index (κ1) is 19.4. The summed E-state index contributed by atoms with van der Waals surface area (Å²) in [6, 6.07) is 17.1. The number of halogens is 1. The molecule has 0 aliphatic heterocycles. The summed E-state index contributed by atoms with van der Waals surface area (Å²) in [6.45, 7) is 3.54. The van der Waals surface area contributed by atoms with Crippen LogP contribution in [0.2, 0.25) is 5.02 Å². The molecule has 3 rings (SSSR count). The van der Waals surface area contributed by atoms with Gasteiger partial charge in [-0.15, -0.1) is 0 Å². The SMILES string of the molecule is CC(=NNC(=O)c1ccc(C)o1)c1ccc(NC(=O)c2ccc(Cl)cc2)cc1. The number of anilines is 1. The van der Waals surface area contributed by atoms with E-state index in [-0.39, 0.29) is 11.7 Å². The third-order valence-corrected chi connectivity index (χ3v) is 4.21. The zero-order chi connectivity index (χ0) is 20.1. The van der Waals surface area contributed by atoms with Crippen LogP contribution in [0.25, 0.3) is 0 Å². The number of furan rings is 1. The van der Waals surface area contributed by atoms with Crippen LogP contribution in [0.15, 0.2) is 70.2 Å². The van der Waals surface area contributed by atoms with Crippen LogP contribution in [-0.2, 0) is 0 Å². The molecular formula is C21H18ClN3O3. The highest BCUT2D eigenvalue weighted by molar-refractivity contribution is 6.30. The minimum absolute atomic E-state index is 0.203. The molecule has 2 aromatic carbocycles. The minimum Gasteiger partial charge on any atom is -0.456 e. The molecule has 7 heteroatoms. The third-order valence-electron chi connectivity index (χ3n) is 3.96. The van der Waals surface area contributed by atoms with E-state index in [0.717, 1.165) is 5.56 Å². The van der Waals surface area contributed by atoms with E-state index in [9.17, 15) is 9.59 Å². The lowest BCUT2D eigenvalue weighted by atomic mass is 10.1. The van der Waals surface area contributed by atoms with Gasteiger partial charge in [0, 0.05) is 16.3 Å². The lowest BCUT2D eigenvalue weighted by Crippen LogP contribution is -2.18. The predicted octanol–water partition coefficient (Wildman–Crippen LogP) is 4.65. The maximum atomic E-state index is 12.2. The minimum atomic E-state index is -0.417. The maximum absolute atomic E-state index is 12.2. The molecule has 1 aromatic heterocycles. The zero-order valence-electron chi connectivity index (χ0n) is 15.3. The summed E-state index contributed by atoms with van der Waals surface area (Å²) < 4.78 is 5.25. The van der Waals surface area contributed by atoms with E-state index in [1.165, 1.54) is 0 Å². The van der Waals surface area contributed by atoms with Crippen LogP contribution >= 0.6 is 11.6 Å². The molecule has 0 bridgehead atoms. The molecule has 0 fully saturated rings. The average Bonchev–Trinajstić information content (AvgIpc) is 3.13. The van der Waals surface area contributed by atoms with Crippen molar-refractivity contribution >= 4 is 34.8 Å². The molecule has 3 aromatic rings. The van der Waals surface area contributed by atoms with E-state index in [0.29, 0.717) is 27.7 Å². The molecule has 6 nitrogen and oxygen atoms in total. The molecule has 28 heavy (non-hydrogen) atoms. The fraction of sp³-hybridized carbons (Fsp3) is 0.0952. The predicted molar refractivity (Wildman–Crippen MR) is 109 cm³/mol. The Morgan fingerprint density at radius 1 is 0.893 bits per heavy atom. The highest BCUT2D eigenvalue weighted by atomic mass is 35.5. The van der Waals surface area contributed by atoms with E-state index in [1.807, 2.05) is 0 Å². The van der Waals surface area contributed by atoms with E-state index in [1.54, 1.807) is 74.5 Å². The van der Waals surface area contributed by atoms with Crippen molar-refractivity contribution in [3.05, 3.63) is 88.3 Å². The fourth-order valence-corrected chi connectivity index (χ4v) is 2.54. The second-order valence-electron chi connectivity index (χ2n) is 6.09. The first-order valence-corrected chi connectivity index (χ1v) is 8.88. The van der Waals surface area contributed by atoms with Gasteiger partial charge in [0.1, 0.15) is 5.76 Å². The molecule has 0 saturated carbocycles. The number of aryl methyl sites for hydroxylation is 1. The van der Waals surface area contributed by atoms with Gasteiger partial charge in [-0.1, -0.05) is 23.7 Å². The summed E-state index contributed by atoms with van der Waals surface area (Å²) in [6.07, 6.45) is 0. The molecule has 142 valence electrons. The number of hydrogen-bond donors (Lipinski definition) is 2. The Bertz CT molecular complexity index is 1020. The van der Waals surface area contributed by atoms with E-state index in [4.69, 9.17) is 16.0 Å². The summed E-state index contributed by atoms with van der Waals surface area (Å²) in [7, 11) is 0. The van der Waals surface area contributed by atoms with Crippen molar-refractivity contribution in [2.75, 3.05) is 5.32 Å². The Balaban J connectivity index is 1.62. The molecule has 2 amide bonds. The molecular weight excluding hydrogens is 378 g/mol. The van der Waals surface area contributed by atoms with Crippen LogP contribution in [0.5, 0.6) is 0 Å². The largest absolute Gasteiger partial charge is 0.456 e. The number of benzene rings is 2. The molecule has 0 aliphatic carbocycles. The van der Waals surface area contributed by atoms with Crippen molar-refractivity contribution in [1.29, 1.82) is 0 Å². The molecule has 0 aliphatic rings. The van der Waals surface area contributed by atoms with Crippen LogP contribution in [-0.4, -0.2) is 17.5 Å². The normalized spacial score (nSPS) is 11.2. The summed E-state index contributed by atoms with van der Waals surface area (Å²) in [5, 5.41) is 7.47. The number of carbonyl (C=O) groups is 2. The van der Waals surface area contributed by atoms with Crippen LogP contribution in [0.3, 0.4) is 0 Å². The summed E-state index contributed by atoms with van der Waals surface area (Å²) in [5.41, 5.74) is 5.04. The first-order chi connectivity index (χ1) is 13.4. The van der Waals surface area contributed by atoms with Crippen LogP contribution < -0.4 is 10.7 Å². The van der Waals surface area contributed by atoms with Crippen molar-refractivity contribution in [2.24, 2.45) is 5.10 Å². The maximum Gasteiger partial charge on any atom is 0.307 e. The van der Waals surface area contributed by atoms with Gasteiger partial charge >= 0.3 is 5.91 Å². The number of carbonyl (C=O) groups excluding carboxylic acids is 2. The Morgan fingerprint density at radius 2 is 1.54 bits per heavy atom. The van der Waals surface area contributed by atoms with Crippen LogP contribution in [0.1, 0.15) is 39.2 Å². The van der Waals surface area contributed by atoms with Gasteiger partial charge in [-0.05, 0) is 67.9 Å². The number of hydrogen-bond acceptors (Lipinski definition) is 4. The van der Waals surface area contributed by atoms with Gasteiger partial charge in [0.25, 0.3) is 5.91 Å². The lowest BCUT2D eigenvalue weighted by Gasteiger charge is -2.07. The summed E-state index contributed by atoms with van der Waals surface area (Å²) in [5.74, 6) is 0.214. The third kappa shape index (κ3) is 4.86. The van der Waals surface area contributed by atoms with E-state index >= 15 is 0 Å². The van der Waals surface area contributed by atoms with Crippen LogP contribution in [0.4, 0.5) is 5.69 Å². The quantitative estimate of drug-likeness (QED) is 0.487. The highest BCUT2D eigenvalue weighted by Gasteiger charge is 2.09. The van der Waals surface area contributed by atoms with Gasteiger partial charge in [-0.2, -0.15) is 5.10 Å². The summed E-state index contributed by atoms with van der Waals surface area (Å²) >= 11 is 5.83. The van der Waals surface area contributed by atoms with E-state index < -0.39 is 5.91 Å². The molecule has 0 spiro atoms. The van der Waals surface area contributed by atoms with Crippen molar-refractivity contribution < 1.29 is 14.0 Å². The Morgan fingerprint density at radius 3 is 2.14 bits per heavy atom. The fourth-order valence-electron chi connectivity index (χ4n) is 2.41. The topological polar surface area (TPSA) is 83.7 Å². The van der Waals surface area contributed by atoms with Gasteiger partial charge < -0.3 is 9.73 Å². The second-order valence-corrected chi connectivity index (χ2v) is 6.52. The van der Waals surface area contributed by atoms with Crippen molar-refractivity contribution in [2.45, 2.75) is 13.8 Å². The monoisotopic (exact) mass is 395 g/mol. The number of hydrazone groups is 1. The number of nitrogens with one attached hydrogen (secondary N) is 2.